The van der Waals surface area contributed by atoms with E-state index in [9.17, 15) is 9.59 Å². The molecule has 0 unspecified atom stereocenters. The van der Waals surface area contributed by atoms with Crippen molar-refractivity contribution in [2.24, 2.45) is 0 Å². The van der Waals surface area contributed by atoms with Gasteiger partial charge >= 0.3 is 5.63 Å². The fraction of sp³-hybridized carbons (Fsp3) is 0.238. The van der Waals surface area contributed by atoms with Gasteiger partial charge in [0.25, 0.3) is 5.91 Å². The molecule has 7 heteroatoms. The van der Waals surface area contributed by atoms with Crippen molar-refractivity contribution in [2.45, 2.75) is 5.37 Å². The van der Waals surface area contributed by atoms with Crippen LogP contribution in [0.4, 0.5) is 5.69 Å². The summed E-state index contributed by atoms with van der Waals surface area (Å²) < 4.78 is 6.24. The van der Waals surface area contributed by atoms with Gasteiger partial charge in [0.1, 0.15) is 16.5 Å². The van der Waals surface area contributed by atoms with E-state index >= 15 is 0 Å². The molecular weight excluding hydrogens is 440 g/mol. The number of hydrogen-bond acceptors (Lipinski definition) is 5. The second-order valence-electron chi connectivity index (χ2n) is 6.84. The lowest BCUT2D eigenvalue weighted by atomic mass is 10.1. The predicted octanol–water partition coefficient (Wildman–Crippen LogP) is 4.51. The first-order chi connectivity index (χ1) is 13.4. The van der Waals surface area contributed by atoms with Gasteiger partial charge in [0.15, 0.2) is 0 Å². The third-order valence-electron chi connectivity index (χ3n) is 4.77. The van der Waals surface area contributed by atoms with Gasteiger partial charge in [-0.2, -0.15) is 0 Å². The quantitative estimate of drug-likeness (QED) is 0.540. The summed E-state index contributed by atoms with van der Waals surface area (Å²) in [6.45, 7) is 0.597. The Morgan fingerprint density at radius 1 is 1.18 bits per heavy atom. The Balaban J connectivity index is 1.67. The van der Waals surface area contributed by atoms with Crippen molar-refractivity contribution in [3.05, 3.63) is 74.6 Å². The van der Waals surface area contributed by atoms with Gasteiger partial charge in [-0.1, -0.05) is 28.1 Å². The molecule has 2 heterocycles. The highest BCUT2D eigenvalue weighted by molar-refractivity contribution is 9.10. The lowest BCUT2D eigenvalue weighted by Gasteiger charge is -2.24. The van der Waals surface area contributed by atoms with Gasteiger partial charge in [0, 0.05) is 41.9 Å². The van der Waals surface area contributed by atoms with E-state index in [1.54, 1.807) is 34.9 Å². The van der Waals surface area contributed by atoms with E-state index in [1.165, 1.54) is 0 Å². The molecule has 0 aliphatic carbocycles. The number of benzene rings is 2. The van der Waals surface area contributed by atoms with Gasteiger partial charge in [-0.15, -0.1) is 11.8 Å². The van der Waals surface area contributed by atoms with E-state index in [1.807, 2.05) is 49.3 Å². The molecular formula is C21H19BrN2O3S. The molecule has 1 fully saturated rings. The molecule has 1 aromatic heterocycles. The maximum absolute atomic E-state index is 13.2. The Morgan fingerprint density at radius 3 is 2.64 bits per heavy atom. The SMILES string of the molecule is CN(C)c1ccc([C@@H]2SCCN2C(=O)c2cc3cc(Br)ccc3oc2=O)cc1. The molecule has 144 valence electrons. The maximum atomic E-state index is 13.2. The Labute approximate surface area is 175 Å². The molecule has 0 N–H and O–H groups in total. The lowest BCUT2D eigenvalue weighted by Crippen LogP contribution is -2.33. The molecule has 2 aromatic carbocycles. The summed E-state index contributed by atoms with van der Waals surface area (Å²) in [5, 5.41) is 0.609. The average Bonchev–Trinajstić information content (AvgIpc) is 3.17. The highest BCUT2D eigenvalue weighted by Crippen LogP contribution is 2.39. The number of anilines is 1. The van der Waals surface area contributed by atoms with Crippen LogP contribution >= 0.6 is 27.7 Å². The van der Waals surface area contributed by atoms with Crippen molar-refractivity contribution >= 4 is 50.3 Å². The van der Waals surface area contributed by atoms with Crippen molar-refractivity contribution < 1.29 is 9.21 Å². The van der Waals surface area contributed by atoms with Crippen LogP contribution in [0.1, 0.15) is 21.3 Å². The molecule has 0 bridgehead atoms. The zero-order valence-corrected chi connectivity index (χ0v) is 17.9. The standard InChI is InChI=1S/C21H19BrN2O3S/c1-23(2)16-6-3-13(4-7-16)20-24(9-10-28-20)19(25)17-12-14-11-15(22)5-8-18(14)27-21(17)26/h3-8,11-12,20H,9-10H2,1-2H3/t20-/m0/s1. The van der Waals surface area contributed by atoms with E-state index in [4.69, 9.17) is 4.42 Å². The van der Waals surface area contributed by atoms with Crippen LogP contribution in [0.5, 0.6) is 0 Å². The highest BCUT2D eigenvalue weighted by atomic mass is 79.9. The minimum absolute atomic E-state index is 0.0722. The zero-order valence-electron chi connectivity index (χ0n) is 15.5. The number of carbonyl (C=O) groups is 1. The van der Waals surface area contributed by atoms with Crippen LogP contribution in [0, 0.1) is 0 Å². The Morgan fingerprint density at radius 2 is 1.93 bits per heavy atom. The molecule has 3 aromatic rings. The average molecular weight is 459 g/mol. The van der Waals surface area contributed by atoms with Crippen LogP contribution in [-0.4, -0.2) is 37.2 Å². The van der Waals surface area contributed by atoms with Crippen LogP contribution in [0.3, 0.4) is 0 Å². The molecule has 4 rings (SSSR count). The second-order valence-corrected chi connectivity index (χ2v) is 8.94. The van der Waals surface area contributed by atoms with E-state index in [0.29, 0.717) is 12.1 Å². The Bertz CT molecular complexity index is 1090. The highest BCUT2D eigenvalue weighted by Gasteiger charge is 2.33. The summed E-state index contributed by atoms with van der Waals surface area (Å²) in [4.78, 5) is 29.4. The second kappa shape index (κ2) is 7.64. The van der Waals surface area contributed by atoms with Gasteiger partial charge in [-0.05, 0) is 42.0 Å². The van der Waals surface area contributed by atoms with Gasteiger partial charge < -0.3 is 14.2 Å². The largest absolute Gasteiger partial charge is 0.422 e. The number of amides is 1. The van der Waals surface area contributed by atoms with Crippen molar-refractivity contribution in [2.75, 3.05) is 31.3 Å². The first-order valence-electron chi connectivity index (χ1n) is 8.87. The van der Waals surface area contributed by atoms with Crippen LogP contribution in [-0.2, 0) is 0 Å². The van der Waals surface area contributed by atoms with E-state index < -0.39 is 5.63 Å². The van der Waals surface area contributed by atoms with Crippen molar-refractivity contribution in [3.63, 3.8) is 0 Å². The third kappa shape index (κ3) is 3.56. The Hall–Kier alpha value is -2.25. The predicted molar refractivity (Wildman–Crippen MR) is 117 cm³/mol. The number of rotatable bonds is 3. The van der Waals surface area contributed by atoms with Crippen LogP contribution < -0.4 is 10.5 Å². The van der Waals surface area contributed by atoms with Gasteiger partial charge in [-0.25, -0.2) is 4.79 Å². The van der Waals surface area contributed by atoms with E-state index in [2.05, 4.69) is 15.9 Å². The molecule has 28 heavy (non-hydrogen) atoms. The first-order valence-corrected chi connectivity index (χ1v) is 10.7. The normalized spacial score (nSPS) is 16.5. The minimum atomic E-state index is -0.599. The number of halogens is 1. The van der Waals surface area contributed by atoms with E-state index in [0.717, 1.165) is 26.9 Å². The molecule has 1 atom stereocenters. The summed E-state index contributed by atoms with van der Waals surface area (Å²) >= 11 is 5.12. The van der Waals surface area contributed by atoms with Gasteiger partial charge in [0.2, 0.25) is 0 Å². The van der Waals surface area contributed by atoms with Gasteiger partial charge in [-0.3, -0.25) is 4.79 Å². The lowest BCUT2D eigenvalue weighted by molar-refractivity contribution is 0.0756. The number of hydrogen-bond donors (Lipinski definition) is 0. The topological polar surface area (TPSA) is 53.8 Å². The molecule has 0 saturated carbocycles. The fourth-order valence-corrected chi connectivity index (χ4v) is 4.92. The molecule has 5 nitrogen and oxygen atoms in total. The monoisotopic (exact) mass is 458 g/mol. The van der Waals surface area contributed by atoms with Gasteiger partial charge in [0.05, 0.1) is 0 Å². The molecule has 1 saturated heterocycles. The number of carbonyl (C=O) groups excluding carboxylic acids is 1. The summed E-state index contributed by atoms with van der Waals surface area (Å²) in [6.07, 6.45) is 0. The smallest absolute Gasteiger partial charge is 0.349 e. The third-order valence-corrected chi connectivity index (χ3v) is 6.53. The van der Waals surface area contributed by atoms with Crippen LogP contribution in [0.15, 0.2) is 62.2 Å². The number of nitrogens with zero attached hydrogens (tertiary/aromatic N) is 2. The van der Waals surface area contributed by atoms with Crippen molar-refractivity contribution in [1.29, 1.82) is 0 Å². The molecule has 1 aliphatic heterocycles. The zero-order chi connectivity index (χ0) is 19.8. The molecule has 0 spiro atoms. The summed E-state index contributed by atoms with van der Waals surface area (Å²) in [5.41, 5.74) is 2.09. The maximum Gasteiger partial charge on any atom is 0.349 e. The number of fused-ring (bicyclic) bond motifs is 1. The number of thioether (sulfide) groups is 1. The molecule has 1 amide bonds. The van der Waals surface area contributed by atoms with Crippen molar-refractivity contribution in [3.8, 4) is 0 Å². The van der Waals surface area contributed by atoms with Crippen LogP contribution in [0.25, 0.3) is 11.0 Å². The molecule has 0 radical (unpaired) electrons. The summed E-state index contributed by atoms with van der Waals surface area (Å²) in [7, 11) is 3.99. The first kappa shape index (κ1) is 19.1. The minimum Gasteiger partial charge on any atom is -0.422 e. The summed E-state index contributed by atoms with van der Waals surface area (Å²) in [5.74, 6) is 0.540. The summed E-state index contributed by atoms with van der Waals surface area (Å²) in [6, 6.07) is 15.1. The van der Waals surface area contributed by atoms with Crippen molar-refractivity contribution in [1.82, 2.24) is 4.90 Å². The van der Waals surface area contributed by atoms with Crippen LogP contribution in [0.2, 0.25) is 0 Å². The fourth-order valence-electron chi connectivity index (χ4n) is 3.29. The Kier molecular flexibility index (Phi) is 5.21. The molecule has 1 aliphatic rings. The van der Waals surface area contributed by atoms with E-state index in [-0.39, 0.29) is 16.8 Å².